The number of halogens is 4. The number of hydrogen-bond donors (Lipinski definition) is 0. The van der Waals surface area contributed by atoms with Gasteiger partial charge in [-0.2, -0.15) is 8.78 Å². The van der Waals surface area contributed by atoms with Crippen LogP contribution in [0.4, 0.5) is 17.6 Å². The van der Waals surface area contributed by atoms with Gasteiger partial charge in [0.05, 0.1) is 0 Å². The third kappa shape index (κ3) is 6.73. The summed E-state index contributed by atoms with van der Waals surface area (Å²) in [4.78, 5) is 0. The first-order valence-electron chi connectivity index (χ1n) is 11.2. The van der Waals surface area contributed by atoms with Crippen molar-refractivity contribution >= 4 is 0 Å². The number of rotatable bonds is 11. The molecule has 3 aromatic carbocycles. The number of aryl methyl sites for hydroxylation is 2. The maximum absolute atomic E-state index is 14.9. The molecule has 2 nitrogen and oxygen atoms in total. The second-order valence-electron chi connectivity index (χ2n) is 8.08. The van der Waals surface area contributed by atoms with Crippen LogP contribution in [0.15, 0.2) is 60.7 Å². The minimum atomic E-state index is -4.23. The van der Waals surface area contributed by atoms with Crippen LogP contribution in [-0.2, 0) is 12.5 Å². The number of ether oxygens (including phenoxy) is 2. The zero-order valence-corrected chi connectivity index (χ0v) is 18.8. The largest absolute Gasteiger partial charge is 0.454 e. The average Bonchev–Trinajstić information content (AvgIpc) is 2.78. The molecule has 0 saturated carbocycles. The lowest BCUT2D eigenvalue weighted by Crippen LogP contribution is -2.25. The van der Waals surface area contributed by atoms with E-state index in [0.29, 0.717) is 0 Å². The van der Waals surface area contributed by atoms with E-state index in [1.54, 1.807) is 36.4 Å². The molecule has 0 N–H and O–H groups in total. The van der Waals surface area contributed by atoms with Gasteiger partial charge in [0.2, 0.25) is 0 Å². The van der Waals surface area contributed by atoms with E-state index >= 15 is 0 Å². The molecular weight excluding hydrogens is 432 g/mol. The molecule has 0 radical (unpaired) electrons. The minimum absolute atomic E-state index is 0.182. The molecule has 0 amide bonds. The first kappa shape index (κ1) is 24.6. The van der Waals surface area contributed by atoms with Gasteiger partial charge in [-0.1, -0.05) is 62.4 Å². The van der Waals surface area contributed by atoms with Gasteiger partial charge in [-0.15, -0.1) is 0 Å². The van der Waals surface area contributed by atoms with Crippen molar-refractivity contribution < 1.29 is 27.0 Å². The van der Waals surface area contributed by atoms with Crippen LogP contribution in [0.1, 0.15) is 55.7 Å². The lowest BCUT2D eigenvalue weighted by Gasteiger charge is -2.20. The normalized spacial score (nSPS) is 11.5. The van der Waals surface area contributed by atoms with Crippen LogP contribution in [-0.4, -0.2) is 0 Å². The molecule has 33 heavy (non-hydrogen) atoms. The molecule has 0 unspecified atom stereocenters. The summed E-state index contributed by atoms with van der Waals surface area (Å²) in [6, 6.07) is 14.4. The second-order valence-corrected chi connectivity index (χ2v) is 8.08. The molecule has 3 aromatic rings. The van der Waals surface area contributed by atoms with Crippen molar-refractivity contribution in [2.45, 2.75) is 58.5 Å². The molecule has 0 atom stereocenters. The summed E-state index contributed by atoms with van der Waals surface area (Å²) >= 11 is 0. The van der Waals surface area contributed by atoms with Crippen molar-refractivity contribution in [2.24, 2.45) is 0 Å². The van der Waals surface area contributed by atoms with Crippen molar-refractivity contribution in [3.8, 4) is 17.2 Å². The van der Waals surface area contributed by atoms with Crippen molar-refractivity contribution in [1.29, 1.82) is 0 Å². The predicted octanol–water partition coefficient (Wildman–Crippen LogP) is 8.71. The van der Waals surface area contributed by atoms with Crippen LogP contribution >= 0.6 is 0 Å². The fraction of sp³-hybridized carbons (Fsp3) is 0.333. The van der Waals surface area contributed by atoms with E-state index in [2.05, 4.69) is 6.92 Å². The van der Waals surface area contributed by atoms with E-state index < -0.39 is 29.1 Å². The van der Waals surface area contributed by atoms with Gasteiger partial charge in [-0.25, -0.2) is 8.78 Å². The molecule has 0 aromatic heterocycles. The maximum Gasteiger partial charge on any atom is 0.432 e. The molecule has 0 aliphatic heterocycles. The molecule has 176 valence electrons. The van der Waals surface area contributed by atoms with Gasteiger partial charge in [0.1, 0.15) is 22.9 Å². The number of benzene rings is 3. The summed E-state index contributed by atoms with van der Waals surface area (Å²) in [6.07, 6.45) is 2.27. The predicted molar refractivity (Wildman–Crippen MR) is 121 cm³/mol. The van der Waals surface area contributed by atoms with E-state index in [1.807, 2.05) is 6.92 Å². The Balaban J connectivity index is 1.72. The Kier molecular flexibility index (Phi) is 8.37. The Bertz CT molecular complexity index is 1030. The van der Waals surface area contributed by atoms with Crippen molar-refractivity contribution in [1.82, 2.24) is 0 Å². The Hall–Kier alpha value is -3.02. The molecule has 0 fully saturated rings. The van der Waals surface area contributed by atoms with Crippen LogP contribution in [0.5, 0.6) is 17.2 Å². The molecule has 0 saturated heterocycles. The first-order chi connectivity index (χ1) is 15.8. The van der Waals surface area contributed by atoms with Gasteiger partial charge in [0.25, 0.3) is 0 Å². The summed E-state index contributed by atoms with van der Waals surface area (Å²) in [5.74, 6) is -3.39. The van der Waals surface area contributed by atoms with Crippen LogP contribution in [0.2, 0.25) is 0 Å². The number of unbranched alkanes of at least 4 members (excludes halogenated alkanes) is 4. The van der Waals surface area contributed by atoms with Gasteiger partial charge in [0.15, 0.2) is 11.6 Å². The topological polar surface area (TPSA) is 18.5 Å². The highest BCUT2D eigenvalue weighted by atomic mass is 19.3. The third-order valence-corrected chi connectivity index (χ3v) is 5.33. The van der Waals surface area contributed by atoms with Crippen LogP contribution in [0.3, 0.4) is 0 Å². The van der Waals surface area contributed by atoms with Crippen molar-refractivity contribution in [3.63, 3.8) is 0 Å². The smallest absolute Gasteiger partial charge is 0.432 e. The maximum atomic E-state index is 14.9. The Morgan fingerprint density at radius 1 is 0.758 bits per heavy atom. The summed E-state index contributed by atoms with van der Waals surface area (Å²) in [7, 11) is 0. The third-order valence-electron chi connectivity index (χ3n) is 5.33. The van der Waals surface area contributed by atoms with Gasteiger partial charge < -0.3 is 9.47 Å². The van der Waals surface area contributed by atoms with E-state index in [9.17, 15) is 17.6 Å². The quantitative estimate of drug-likeness (QED) is 0.210. The summed E-state index contributed by atoms with van der Waals surface area (Å²) < 4.78 is 68.8. The van der Waals surface area contributed by atoms with E-state index in [-0.39, 0.29) is 11.5 Å². The molecule has 0 aliphatic carbocycles. The fourth-order valence-electron chi connectivity index (χ4n) is 3.47. The molecule has 0 aliphatic rings. The highest BCUT2D eigenvalue weighted by molar-refractivity contribution is 5.39. The highest BCUT2D eigenvalue weighted by Gasteiger charge is 2.42. The lowest BCUT2D eigenvalue weighted by molar-refractivity contribution is -0.189. The SMILES string of the molecule is CCCCCCCc1ccc(OC(F)(F)c2c(F)ccc(Oc3ccc(C)cc3)c2F)cc1. The first-order valence-corrected chi connectivity index (χ1v) is 11.2. The van der Waals surface area contributed by atoms with Crippen molar-refractivity contribution in [2.75, 3.05) is 0 Å². The molecule has 0 heterocycles. The summed E-state index contributed by atoms with van der Waals surface area (Å²) in [6.45, 7) is 4.01. The Morgan fingerprint density at radius 3 is 2.06 bits per heavy atom. The second kappa shape index (κ2) is 11.2. The lowest BCUT2D eigenvalue weighted by atomic mass is 10.1. The Morgan fingerprint density at radius 2 is 1.39 bits per heavy atom. The molecule has 3 rings (SSSR count). The summed E-state index contributed by atoms with van der Waals surface area (Å²) in [5.41, 5.74) is 0.449. The van der Waals surface area contributed by atoms with Crippen molar-refractivity contribution in [3.05, 3.63) is 89.0 Å². The van der Waals surface area contributed by atoms with Gasteiger partial charge >= 0.3 is 6.11 Å². The van der Waals surface area contributed by atoms with E-state index in [4.69, 9.17) is 9.47 Å². The highest BCUT2D eigenvalue weighted by Crippen LogP contribution is 2.39. The zero-order valence-electron chi connectivity index (χ0n) is 18.8. The monoisotopic (exact) mass is 460 g/mol. The zero-order chi connectivity index (χ0) is 23.8. The average molecular weight is 461 g/mol. The standard InChI is InChI=1S/C27H28F4O2/c1-3-4-5-6-7-8-20-11-15-22(16-12-20)33-27(30,31)25-23(28)17-18-24(26(25)29)32-21-13-9-19(2)10-14-21/h9-18H,3-8H2,1-2H3. The minimum Gasteiger partial charge on any atom is -0.454 e. The van der Waals surface area contributed by atoms with Gasteiger partial charge in [0, 0.05) is 0 Å². The van der Waals surface area contributed by atoms with E-state index in [1.165, 1.54) is 31.4 Å². The van der Waals surface area contributed by atoms with Gasteiger partial charge in [-0.3, -0.25) is 0 Å². The molecule has 0 spiro atoms. The molecule has 6 heteroatoms. The fourth-order valence-corrected chi connectivity index (χ4v) is 3.47. The van der Waals surface area contributed by atoms with Crippen LogP contribution in [0.25, 0.3) is 0 Å². The van der Waals surface area contributed by atoms with Crippen LogP contribution < -0.4 is 9.47 Å². The van der Waals surface area contributed by atoms with E-state index in [0.717, 1.165) is 42.5 Å². The van der Waals surface area contributed by atoms with Gasteiger partial charge in [-0.05, 0) is 61.7 Å². The van der Waals surface area contributed by atoms with Crippen LogP contribution in [0, 0.1) is 18.6 Å². The molecular formula is C27H28F4O2. The Labute approximate surface area is 192 Å². The number of alkyl halides is 2. The molecule has 0 bridgehead atoms. The summed E-state index contributed by atoms with van der Waals surface area (Å²) in [5, 5.41) is 0. The number of hydrogen-bond acceptors (Lipinski definition) is 2.